The lowest BCUT2D eigenvalue weighted by molar-refractivity contribution is -0.146. The van der Waals surface area contributed by atoms with Crippen molar-refractivity contribution in [2.75, 3.05) is 14.2 Å². The van der Waals surface area contributed by atoms with Gasteiger partial charge in [0.15, 0.2) is 23.2 Å². The van der Waals surface area contributed by atoms with Gasteiger partial charge in [-0.1, -0.05) is 23.7 Å². The molecule has 5 rings (SSSR count). The second-order valence-corrected chi connectivity index (χ2v) is 9.61. The minimum Gasteiger partial charge on any atom is -0.493 e. The van der Waals surface area contributed by atoms with Gasteiger partial charge in [0.1, 0.15) is 18.0 Å². The van der Waals surface area contributed by atoms with Gasteiger partial charge in [-0.2, -0.15) is 13.2 Å². The van der Waals surface area contributed by atoms with Gasteiger partial charge in [-0.15, -0.1) is 10.2 Å². The van der Waals surface area contributed by atoms with Crippen LogP contribution in [-0.4, -0.2) is 45.0 Å². The Balaban J connectivity index is 1.64. The van der Waals surface area contributed by atoms with Gasteiger partial charge < -0.3 is 23.7 Å². The third kappa shape index (κ3) is 5.72. The lowest BCUT2D eigenvalue weighted by Crippen LogP contribution is -2.17. The second-order valence-electron chi connectivity index (χ2n) is 9.18. The summed E-state index contributed by atoms with van der Waals surface area (Å²) in [5, 5.41) is 16.5. The Labute approximate surface area is 236 Å². The maximum absolute atomic E-state index is 14.2. The van der Waals surface area contributed by atoms with Crippen LogP contribution in [0.1, 0.15) is 59.5 Å². The lowest BCUT2D eigenvalue weighted by atomic mass is 9.98. The summed E-state index contributed by atoms with van der Waals surface area (Å²) in [6, 6.07) is 9.57. The van der Waals surface area contributed by atoms with E-state index < -0.39 is 30.2 Å². The number of aliphatic carboxylic acids is 1. The van der Waals surface area contributed by atoms with Gasteiger partial charge in [-0.25, -0.2) is 4.98 Å². The average Bonchev–Trinajstić information content (AvgIpc) is 3.55. The van der Waals surface area contributed by atoms with Crippen LogP contribution in [0, 0.1) is 0 Å². The van der Waals surface area contributed by atoms with Crippen molar-refractivity contribution in [1.82, 2.24) is 19.7 Å². The summed E-state index contributed by atoms with van der Waals surface area (Å²) in [4.78, 5) is 15.1. The summed E-state index contributed by atoms with van der Waals surface area (Å²) in [5.74, 6) is -0.949. The van der Waals surface area contributed by atoms with E-state index in [1.807, 2.05) is 0 Å². The molecule has 0 bridgehead atoms. The number of hydrogen-bond donors (Lipinski definition) is 1. The number of hydrogen-bond acceptors (Lipinski definition) is 8. The number of para-hydroxylation sites is 1. The van der Waals surface area contributed by atoms with Crippen molar-refractivity contribution >= 4 is 17.6 Å². The van der Waals surface area contributed by atoms with Crippen LogP contribution in [-0.2, 0) is 28.5 Å². The Morgan fingerprint density at radius 1 is 1.15 bits per heavy atom. The fourth-order valence-electron chi connectivity index (χ4n) is 4.79. The molecule has 3 heterocycles. The molecule has 0 amide bonds. The van der Waals surface area contributed by atoms with Gasteiger partial charge in [-0.05, 0) is 30.7 Å². The number of carboxylic acids is 1. The van der Waals surface area contributed by atoms with E-state index in [4.69, 9.17) is 35.3 Å². The summed E-state index contributed by atoms with van der Waals surface area (Å²) in [5.41, 5.74) is 0.926. The number of carbonyl (C=O) groups is 1. The summed E-state index contributed by atoms with van der Waals surface area (Å²) >= 11 is 6.34. The Bertz CT molecular complexity index is 1570. The monoisotopic (exact) mass is 592 g/mol. The topological polar surface area (TPSA) is 122 Å². The number of methoxy groups -OCH3 is 2. The summed E-state index contributed by atoms with van der Waals surface area (Å²) in [7, 11) is 2.92. The molecule has 0 aliphatic carbocycles. The first kappa shape index (κ1) is 28.4. The molecule has 4 aromatic rings. The highest BCUT2D eigenvalue weighted by atomic mass is 35.5. The number of fused-ring (bicyclic) bond motifs is 3. The molecule has 1 N–H and O–H groups in total. The summed E-state index contributed by atoms with van der Waals surface area (Å²) < 4.78 is 66.9. The third-order valence-corrected chi connectivity index (χ3v) is 6.77. The number of ether oxygens (including phenoxy) is 3. The van der Waals surface area contributed by atoms with E-state index in [0.717, 1.165) is 4.57 Å². The van der Waals surface area contributed by atoms with Crippen molar-refractivity contribution in [2.24, 2.45) is 0 Å². The molecular weight excluding hydrogens is 569 g/mol. The lowest BCUT2D eigenvalue weighted by Gasteiger charge is -2.24. The third-order valence-electron chi connectivity index (χ3n) is 6.53. The van der Waals surface area contributed by atoms with Gasteiger partial charge in [-0.3, -0.25) is 9.36 Å². The molecule has 14 heteroatoms. The molecule has 2 atom stereocenters. The standard InChI is InChI=1S/C27H24ClF3N4O6/c1-38-19-7-4-6-16(24(19)39-2)23-17-11-14(28)9-10-18(17)35-25(33-34-26(35)27(29,30)31)20(41-23)12-21-32-13-15(40-21)5-3-8-22(36)37/h4,6-7,9-11,13,20,23H,3,5,8,12H2,1-2H3,(H,36,37)/t20-,23-/m0/s1. The highest BCUT2D eigenvalue weighted by Crippen LogP contribution is 2.47. The number of oxazole rings is 1. The quantitative estimate of drug-likeness (QED) is 0.259. The predicted molar refractivity (Wildman–Crippen MR) is 137 cm³/mol. The number of aryl methyl sites for hydroxylation is 1. The van der Waals surface area contributed by atoms with Gasteiger partial charge >= 0.3 is 12.1 Å². The second kappa shape index (κ2) is 11.4. The van der Waals surface area contributed by atoms with Crippen LogP contribution >= 0.6 is 11.6 Å². The van der Waals surface area contributed by atoms with Crippen LogP contribution in [0.5, 0.6) is 11.5 Å². The minimum absolute atomic E-state index is 0.0457. The minimum atomic E-state index is -4.83. The normalized spacial score (nSPS) is 16.5. The van der Waals surface area contributed by atoms with Crippen LogP contribution in [0.4, 0.5) is 13.2 Å². The Morgan fingerprint density at radius 2 is 1.95 bits per heavy atom. The van der Waals surface area contributed by atoms with Crippen molar-refractivity contribution in [2.45, 2.75) is 44.1 Å². The molecule has 41 heavy (non-hydrogen) atoms. The van der Waals surface area contributed by atoms with Crippen LogP contribution in [0.25, 0.3) is 5.69 Å². The number of alkyl halides is 3. The molecule has 216 valence electrons. The SMILES string of the molecule is COc1cccc([C@@H]2O[C@@H](Cc3ncc(CCCC(=O)O)o3)c3nnc(C(F)(F)F)n3-c3ccc(Cl)cc32)c1OC. The Hall–Kier alpha value is -4.10. The van der Waals surface area contributed by atoms with Crippen LogP contribution in [0.15, 0.2) is 47.0 Å². The van der Waals surface area contributed by atoms with E-state index in [1.54, 1.807) is 18.2 Å². The highest BCUT2D eigenvalue weighted by Gasteiger charge is 2.43. The van der Waals surface area contributed by atoms with E-state index in [9.17, 15) is 18.0 Å². The summed E-state index contributed by atoms with van der Waals surface area (Å²) in [6.45, 7) is 0. The average molecular weight is 593 g/mol. The molecule has 1 aliphatic heterocycles. The van der Waals surface area contributed by atoms with E-state index >= 15 is 0 Å². The molecule has 0 saturated carbocycles. The van der Waals surface area contributed by atoms with E-state index in [-0.39, 0.29) is 35.3 Å². The van der Waals surface area contributed by atoms with Crippen LogP contribution in [0.3, 0.4) is 0 Å². The first-order chi connectivity index (χ1) is 19.6. The number of aromatic nitrogens is 4. The van der Waals surface area contributed by atoms with Gasteiger partial charge in [0.25, 0.3) is 0 Å². The Kier molecular flexibility index (Phi) is 7.91. The number of carboxylic acid groups (broad SMARTS) is 1. The zero-order chi connectivity index (χ0) is 29.3. The molecular formula is C27H24ClF3N4O6. The molecule has 0 fully saturated rings. The molecule has 2 aromatic heterocycles. The zero-order valence-electron chi connectivity index (χ0n) is 21.8. The Morgan fingerprint density at radius 3 is 2.66 bits per heavy atom. The van der Waals surface area contributed by atoms with Crippen molar-refractivity contribution in [3.05, 3.63) is 82.0 Å². The molecule has 2 aromatic carbocycles. The van der Waals surface area contributed by atoms with Gasteiger partial charge in [0.2, 0.25) is 5.82 Å². The van der Waals surface area contributed by atoms with Crippen molar-refractivity contribution in [3.63, 3.8) is 0 Å². The maximum Gasteiger partial charge on any atom is 0.452 e. The molecule has 10 nitrogen and oxygen atoms in total. The molecule has 0 unspecified atom stereocenters. The molecule has 0 spiro atoms. The van der Waals surface area contributed by atoms with Crippen molar-refractivity contribution in [3.8, 4) is 17.2 Å². The van der Waals surface area contributed by atoms with E-state index in [1.165, 1.54) is 38.6 Å². The fraction of sp³-hybridized carbons (Fsp3) is 0.333. The van der Waals surface area contributed by atoms with E-state index in [2.05, 4.69) is 15.2 Å². The number of rotatable bonds is 9. The maximum atomic E-state index is 14.2. The fourth-order valence-corrected chi connectivity index (χ4v) is 4.97. The van der Waals surface area contributed by atoms with Crippen LogP contribution in [0.2, 0.25) is 5.02 Å². The van der Waals surface area contributed by atoms with Gasteiger partial charge in [0.05, 0.1) is 32.5 Å². The molecule has 0 saturated heterocycles. The number of nitrogens with zero attached hydrogens (tertiary/aromatic N) is 4. The van der Waals surface area contributed by atoms with Crippen LogP contribution < -0.4 is 9.47 Å². The van der Waals surface area contributed by atoms with Crippen molar-refractivity contribution in [1.29, 1.82) is 0 Å². The largest absolute Gasteiger partial charge is 0.493 e. The van der Waals surface area contributed by atoms with Gasteiger partial charge in [0, 0.05) is 29.0 Å². The highest BCUT2D eigenvalue weighted by molar-refractivity contribution is 6.30. The number of halogens is 4. The first-order valence-corrected chi connectivity index (χ1v) is 12.8. The molecule has 0 radical (unpaired) electrons. The van der Waals surface area contributed by atoms with E-state index in [0.29, 0.717) is 41.2 Å². The smallest absolute Gasteiger partial charge is 0.452 e. The summed E-state index contributed by atoms with van der Waals surface area (Å²) in [6.07, 6.45) is -4.96. The predicted octanol–water partition coefficient (Wildman–Crippen LogP) is 5.76. The van der Waals surface area contributed by atoms with Crippen molar-refractivity contribution < 1.29 is 41.7 Å². The molecule has 1 aliphatic rings. The number of benzene rings is 2. The zero-order valence-corrected chi connectivity index (χ0v) is 22.6. The first-order valence-electron chi connectivity index (χ1n) is 12.4.